The number of sulfonamides is 1. The third kappa shape index (κ3) is 5.08. The van der Waals surface area contributed by atoms with Crippen LogP contribution in [-0.4, -0.2) is 30.2 Å². The molecule has 5 rings (SSSR count). The van der Waals surface area contributed by atoms with Crippen molar-refractivity contribution in [2.75, 3.05) is 11.9 Å². The van der Waals surface area contributed by atoms with Crippen LogP contribution in [0.1, 0.15) is 41.2 Å². The lowest BCUT2D eigenvalue weighted by molar-refractivity contribution is 0.102. The number of benzene rings is 3. The molecule has 1 fully saturated rings. The number of pyridine rings is 1. The summed E-state index contributed by atoms with van der Waals surface area (Å²) in [6, 6.07) is 27.3. The highest BCUT2D eigenvalue weighted by Gasteiger charge is 2.34. The Labute approximate surface area is 211 Å². The Hall–Kier alpha value is -3.81. The summed E-state index contributed by atoms with van der Waals surface area (Å²) in [5.74, 6) is -0.252. The minimum Gasteiger partial charge on any atom is -0.322 e. The fourth-order valence-electron chi connectivity index (χ4n) is 4.59. The summed E-state index contributed by atoms with van der Waals surface area (Å²) in [6.45, 7) is 0.472. The average Bonchev–Trinajstić information content (AvgIpc) is 2.94. The minimum absolute atomic E-state index is 0.212. The van der Waals surface area contributed by atoms with Crippen LogP contribution in [0.15, 0.2) is 108 Å². The Morgan fingerprint density at radius 3 is 2.25 bits per heavy atom. The molecule has 7 heteroatoms. The predicted octanol–water partition coefficient (Wildman–Crippen LogP) is 5.92. The van der Waals surface area contributed by atoms with E-state index in [1.165, 1.54) is 0 Å². The molecule has 6 nitrogen and oxygen atoms in total. The molecule has 0 saturated carbocycles. The van der Waals surface area contributed by atoms with Crippen molar-refractivity contribution in [2.24, 2.45) is 0 Å². The predicted molar refractivity (Wildman–Crippen MR) is 141 cm³/mol. The molecule has 2 heterocycles. The van der Waals surface area contributed by atoms with Crippen LogP contribution in [0.3, 0.4) is 0 Å². The molecule has 3 aromatic carbocycles. The van der Waals surface area contributed by atoms with E-state index < -0.39 is 10.0 Å². The second kappa shape index (κ2) is 10.4. The second-order valence-electron chi connectivity index (χ2n) is 8.84. The molecular weight excluding hydrogens is 470 g/mol. The van der Waals surface area contributed by atoms with Crippen molar-refractivity contribution in [2.45, 2.75) is 30.2 Å². The molecule has 0 aliphatic carbocycles. The number of anilines is 1. The van der Waals surface area contributed by atoms with Gasteiger partial charge in [-0.3, -0.25) is 9.78 Å². The fraction of sp³-hybridized carbons (Fsp3) is 0.172. The molecule has 0 spiro atoms. The highest BCUT2D eigenvalue weighted by molar-refractivity contribution is 7.89. The lowest BCUT2D eigenvalue weighted by Gasteiger charge is -2.34. The maximum absolute atomic E-state index is 13.5. The van der Waals surface area contributed by atoms with Crippen molar-refractivity contribution < 1.29 is 13.2 Å². The molecule has 1 aliphatic heterocycles. The van der Waals surface area contributed by atoms with Crippen molar-refractivity contribution >= 4 is 21.6 Å². The number of rotatable bonds is 6. The van der Waals surface area contributed by atoms with Gasteiger partial charge in [-0.05, 0) is 72.0 Å². The lowest BCUT2D eigenvalue weighted by atomic mass is 9.99. The number of amides is 1. The van der Waals surface area contributed by atoms with Crippen LogP contribution >= 0.6 is 0 Å². The first kappa shape index (κ1) is 23.9. The standard InChI is InChI=1S/C29H27N3O3S/c33-29(24-13-11-23(12-14-24)22-7-2-1-3-8-22)31-26-15-17-27(18-16-26)36(34,35)32-20-5-4-10-28(32)25-9-6-19-30-21-25/h1-3,6-9,11-19,21,28H,4-5,10,20H2,(H,31,33)/t28-/m0/s1. The maximum atomic E-state index is 13.5. The van der Waals surface area contributed by atoms with E-state index in [9.17, 15) is 13.2 Å². The molecule has 182 valence electrons. The van der Waals surface area contributed by atoms with E-state index in [0.717, 1.165) is 36.0 Å². The van der Waals surface area contributed by atoms with Crippen LogP contribution in [0.5, 0.6) is 0 Å². The van der Waals surface area contributed by atoms with Crippen molar-refractivity contribution in [1.82, 2.24) is 9.29 Å². The van der Waals surface area contributed by atoms with Gasteiger partial charge in [0.25, 0.3) is 5.91 Å². The van der Waals surface area contributed by atoms with Gasteiger partial charge < -0.3 is 5.32 Å². The zero-order valence-corrected chi connectivity index (χ0v) is 20.6. The molecule has 36 heavy (non-hydrogen) atoms. The number of carbonyl (C=O) groups is 1. The topological polar surface area (TPSA) is 79.4 Å². The normalized spacial score (nSPS) is 16.4. The number of hydrogen-bond acceptors (Lipinski definition) is 4. The Balaban J connectivity index is 1.29. The second-order valence-corrected chi connectivity index (χ2v) is 10.7. The summed E-state index contributed by atoms with van der Waals surface area (Å²) in [5.41, 5.74) is 4.08. The number of piperidine rings is 1. The van der Waals surface area contributed by atoms with E-state index in [0.29, 0.717) is 17.8 Å². The third-order valence-electron chi connectivity index (χ3n) is 6.50. The fourth-order valence-corrected chi connectivity index (χ4v) is 6.27. The Bertz CT molecular complexity index is 1420. The summed E-state index contributed by atoms with van der Waals surface area (Å²) >= 11 is 0. The molecule has 0 radical (unpaired) electrons. The van der Waals surface area contributed by atoms with E-state index >= 15 is 0 Å². The van der Waals surface area contributed by atoms with Gasteiger partial charge in [0, 0.05) is 30.2 Å². The molecular formula is C29H27N3O3S. The van der Waals surface area contributed by atoms with E-state index in [1.54, 1.807) is 53.1 Å². The Morgan fingerprint density at radius 1 is 0.833 bits per heavy atom. The maximum Gasteiger partial charge on any atom is 0.255 e. The van der Waals surface area contributed by atoms with Gasteiger partial charge in [0.1, 0.15) is 0 Å². The van der Waals surface area contributed by atoms with Gasteiger partial charge in [0.05, 0.1) is 10.9 Å². The number of hydrogen-bond donors (Lipinski definition) is 1. The third-order valence-corrected chi connectivity index (χ3v) is 8.42. The lowest BCUT2D eigenvalue weighted by Crippen LogP contribution is -2.38. The van der Waals surface area contributed by atoms with Gasteiger partial charge in [0.2, 0.25) is 10.0 Å². The van der Waals surface area contributed by atoms with E-state index in [1.807, 2.05) is 54.6 Å². The number of aromatic nitrogens is 1. The quantitative estimate of drug-likeness (QED) is 0.359. The number of carbonyl (C=O) groups excluding carboxylic acids is 1. The van der Waals surface area contributed by atoms with Gasteiger partial charge in [-0.2, -0.15) is 4.31 Å². The van der Waals surface area contributed by atoms with Crippen LogP contribution in [0.2, 0.25) is 0 Å². The minimum atomic E-state index is -3.70. The van der Waals surface area contributed by atoms with Gasteiger partial charge in [-0.25, -0.2) is 8.42 Å². The summed E-state index contributed by atoms with van der Waals surface area (Å²) in [5, 5.41) is 2.85. The van der Waals surface area contributed by atoms with Crippen molar-refractivity contribution in [3.8, 4) is 11.1 Å². The van der Waals surface area contributed by atoms with E-state index in [-0.39, 0.29) is 16.8 Å². The number of nitrogens with zero attached hydrogens (tertiary/aromatic N) is 2. The zero-order chi connectivity index (χ0) is 25.0. The van der Waals surface area contributed by atoms with Gasteiger partial charge in [-0.1, -0.05) is 55.0 Å². The summed E-state index contributed by atoms with van der Waals surface area (Å²) in [7, 11) is -3.70. The zero-order valence-electron chi connectivity index (χ0n) is 19.7. The summed E-state index contributed by atoms with van der Waals surface area (Å²) < 4.78 is 28.6. The van der Waals surface area contributed by atoms with E-state index in [4.69, 9.17) is 0 Å². The molecule has 1 saturated heterocycles. The molecule has 1 N–H and O–H groups in total. The van der Waals surface area contributed by atoms with Crippen LogP contribution in [0.4, 0.5) is 5.69 Å². The monoisotopic (exact) mass is 497 g/mol. The van der Waals surface area contributed by atoms with Crippen LogP contribution < -0.4 is 5.32 Å². The van der Waals surface area contributed by atoms with E-state index in [2.05, 4.69) is 10.3 Å². The van der Waals surface area contributed by atoms with Gasteiger partial charge in [-0.15, -0.1) is 0 Å². The first-order chi connectivity index (χ1) is 17.5. The van der Waals surface area contributed by atoms with Crippen LogP contribution in [0, 0.1) is 0 Å². The van der Waals surface area contributed by atoms with Gasteiger partial charge in [0.15, 0.2) is 0 Å². The smallest absolute Gasteiger partial charge is 0.255 e. The highest BCUT2D eigenvalue weighted by Crippen LogP contribution is 2.35. The average molecular weight is 498 g/mol. The van der Waals surface area contributed by atoms with Crippen molar-refractivity contribution in [3.05, 3.63) is 115 Å². The first-order valence-corrected chi connectivity index (χ1v) is 13.4. The summed E-state index contributed by atoms with van der Waals surface area (Å²) in [6.07, 6.45) is 6.00. The number of nitrogens with one attached hydrogen (secondary N) is 1. The van der Waals surface area contributed by atoms with Crippen LogP contribution in [0.25, 0.3) is 11.1 Å². The molecule has 1 aliphatic rings. The Kier molecular flexibility index (Phi) is 6.93. The highest BCUT2D eigenvalue weighted by atomic mass is 32.2. The molecule has 0 bridgehead atoms. The van der Waals surface area contributed by atoms with Gasteiger partial charge >= 0.3 is 0 Å². The van der Waals surface area contributed by atoms with Crippen molar-refractivity contribution in [3.63, 3.8) is 0 Å². The molecule has 1 amide bonds. The van der Waals surface area contributed by atoms with Crippen molar-refractivity contribution in [1.29, 1.82) is 0 Å². The van der Waals surface area contributed by atoms with Crippen LogP contribution in [-0.2, 0) is 10.0 Å². The molecule has 1 atom stereocenters. The molecule has 4 aromatic rings. The summed E-state index contributed by atoms with van der Waals surface area (Å²) in [4.78, 5) is 17.1. The molecule has 1 aromatic heterocycles. The molecule has 0 unspecified atom stereocenters. The first-order valence-electron chi connectivity index (χ1n) is 12.0. The Morgan fingerprint density at radius 2 is 1.56 bits per heavy atom. The SMILES string of the molecule is O=C(Nc1ccc(S(=O)(=O)N2CCCC[C@H]2c2cccnc2)cc1)c1ccc(-c2ccccc2)cc1. The largest absolute Gasteiger partial charge is 0.322 e.